The van der Waals surface area contributed by atoms with Crippen LogP contribution in [0.4, 0.5) is 0 Å². The van der Waals surface area contributed by atoms with Gasteiger partial charge in [-0.2, -0.15) is 0 Å². The van der Waals surface area contributed by atoms with Crippen molar-refractivity contribution in [1.29, 1.82) is 0 Å². The molecule has 1 atom stereocenters. The summed E-state index contributed by atoms with van der Waals surface area (Å²) in [7, 11) is 0. The molecule has 1 unspecified atom stereocenters. The summed E-state index contributed by atoms with van der Waals surface area (Å²) in [5.41, 5.74) is 5.39. The second kappa shape index (κ2) is 5.53. The Hall–Kier alpha value is -1.80. The molecule has 110 valence electrons. The molecule has 2 aromatic rings. The van der Waals surface area contributed by atoms with Crippen LogP contribution in [0.1, 0.15) is 46.8 Å². The Morgan fingerprint density at radius 3 is 2.33 bits per heavy atom. The normalized spacial score (nSPS) is 15.8. The molecule has 2 heteroatoms. The maximum atomic E-state index is 10.8. The second-order valence-electron chi connectivity index (χ2n) is 6.10. The quantitative estimate of drug-likeness (QED) is 0.909. The summed E-state index contributed by atoms with van der Waals surface area (Å²) in [6.07, 6.45) is 2.06. The van der Waals surface area contributed by atoms with E-state index in [1.165, 1.54) is 5.56 Å². The topological polar surface area (TPSA) is 29.5 Å². The highest BCUT2D eigenvalue weighted by Gasteiger charge is 2.24. The summed E-state index contributed by atoms with van der Waals surface area (Å²) in [6, 6.07) is 12.1. The first-order valence-electron chi connectivity index (χ1n) is 7.57. The molecule has 0 saturated heterocycles. The minimum atomic E-state index is -0.603. The number of hydrogen-bond donors (Lipinski definition) is 1. The molecule has 21 heavy (non-hydrogen) atoms. The van der Waals surface area contributed by atoms with Crippen LogP contribution in [-0.4, -0.2) is 11.2 Å². The minimum absolute atomic E-state index is 0.375. The van der Waals surface area contributed by atoms with Gasteiger partial charge in [-0.05, 0) is 68.0 Å². The Balaban J connectivity index is 1.92. The fourth-order valence-electron chi connectivity index (χ4n) is 2.93. The number of aliphatic hydroxyl groups is 1. The summed E-state index contributed by atoms with van der Waals surface area (Å²) in [5, 5.41) is 10.8. The lowest BCUT2D eigenvalue weighted by molar-refractivity contribution is 0.217. The lowest BCUT2D eigenvalue weighted by Crippen LogP contribution is -2.06. The molecule has 1 saturated carbocycles. The fraction of sp³-hybridized carbons (Fsp3) is 0.368. The van der Waals surface area contributed by atoms with Crippen LogP contribution in [0.25, 0.3) is 0 Å². The van der Waals surface area contributed by atoms with E-state index in [1.54, 1.807) is 0 Å². The van der Waals surface area contributed by atoms with Gasteiger partial charge in [0.05, 0.1) is 6.10 Å². The maximum Gasteiger partial charge on any atom is 0.120 e. The highest BCUT2D eigenvalue weighted by atomic mass is 16.5. The lowest BCUT2D eigenvalue weighted by Gasteiger charge is -2.18. The smallest absolute Gasteiger partial charge is 0.120 e. The molecule has 1 aliphatic rings. The van der Waals surface area contributed by atoms with Crippen molar-refractivity contribution in [1.82, 2.24) is 0 Å². The van der Waals surface area contributed by atoms with Gasteiger partial charge in [-0.25, -0.2) is 0 Å². The predicted molar refractivity (Wildman–Crippen MR) is 84.8 cm³/mol. The average Bonchev–Trinajstić information content (AvgIpc) is 3.21. The number of rotatable bonds is 4. The summed E-state index contributed by atoms with van der Waals surface area (Å²) >= 11 is 0. The van der Waals surface area contributed by atoms with Crippen LogP contribution in [0, 0.1) is 20.8 Å². The number of benzene rings is 2. The van der Waals surface area contributed by atoms with E-state index in [-0.39, 0.29) is 0 Å². The number of aryl methyl sites for hydroxylation is 3. The zero-order valence-corrected chi connectivity index (χ0v) is 12.9. The van der Waals surface area contributed by atoms with Crippen LogP contribution in [0.15, 0.2) is 36.4 Å². The van der Waals surface area contributed by atoms with Crippen LogP contribution < -0.4 is 4.74 Å². The molecule has 0 radical (unpaired) electrons. The van der Waals surface area contributed by atoms with E-state index in [9.17, 15) is 5.11 Å². The van der Waals surface area contributed by atoms with Crippen LogP contribution in [0.5, 0.6) is 5.75 Å². The van der Waals surface area contributed by atoms with E-state index in [0.29, 0.717) is 6.10 Å². The predicted octanol–water partition coefficient (Wildman–Crippen LogP) is 4.23. The molecule has 0 heterocycles. The first-order chi connectivity index (χ1) is 10.0. The van der Waals surface area contributed by atoms with Crippen molar-refractivity contribution in [2.24, 2.45) is 0 Å². The third-order valence-corrected chi connectivity index (χ3v) is 4.01. The maximum absolute atomic E-state index is 10.8. The van der Waals surface area contributed by atoms with Crippen molar-refractivity contribution in [3.05, 3.63) is 64.2 Å². The Morgan fingerprint density at radius 1 is 1.05 bits per heavy atom. The molecular weight excluding hydrogens is 260 g/mol. The molecule has 1 N–H and O–H groups in total. The van der Waals surface area contributed by atoms with E-state index >= 15 is 0 Å². The minimum Gasteiger partial charge on any atom is -0.490 e. The van der Waals surface area contributed by atoms with Gasteiger partial charge >= 0.3 is 0 Å². The van der Waals surface area contributed by atoms with Crippen molar-refractivity contribution < 1.29 is 9.84 Å². The van der Waals surface area contributed by atoms with Crippen molar-refractivity contribution in [2.45, 2.75) is 45.8 Å². The lowest BCUT2D eigenvalue weighted by atomic mass is 9.92. The third kappa shape index (κ3) is 3.11. The molecule has 2 aromatic carbocycles. The summed E-state index contributed by atoms with van der Waals surface area (Å²) in [5.74, 6) is 0.858. The van der Waals surface area contributed by atoms with E-state index in [2.05, 4.69) is 32.9 Å². The molecule has 3 rings (SSSR count). The van der Waals surface area contributed by atoms with Crippen molar-refractivity contribution in [3.8, 4) is 5.75 Å². The Kier molecular flexibility index (Phi) is 3.73. The van der Waals surface area contributed by atoms with Gasteiger partial charge in [-0.15, -0.1) is 0 Å². The van der Waals surface area contributed by atoms with E-state index in [1.807, 2.05) is 24.3 Å². The van der Waals surface area contributed by atoms with Crippen LogP contribution >= 0.6 is 0 Å². The van der Waals surface area contributed by atoms with Gasteiger partial charge in [0.25, 0.3) is 0 Å². The van der Waals surface area contributed by atoms with Gasteiger partial charge < -0.3 is 9.84 Å². The van der Waals surface area contributed by atoms with E-state index < -0.39 is 6.10 Å². The average molecular weight is 282 g/mol. The van der Waals surface area contributed by atoms with Crippen LogP contribution in [0.2, 0.25) is 0 Å². The molecule has 0 bridgehead atoms. The summed E-state index contributed by atoms with van der Waals surface area (Å²) < 4.78 is 5.82. The van der Waals surface area contributed by atoms with Crippen LogP contribution in [0.3, 0.4) is 0 Å². The first kappa shape index (κ1) is 14.2. The molecule has 0 aromatic heterocycles. The van der Waals surface area contributed by atoms with E-state index in [0.717, 1.165) is 40.8 Å². The summed E-state index contributed by atoms with van der Waals surface area (Å²) in [6.45, 7) is 6.20. The monoisotopic (exact) mass is 282 g/mol. The zero-order valence-electron chi connectivity index (χ0n) is 12.9. The standard InChI is InChI=1S/C19H22O2/c1-12-9-13(2)18(14(3)10-12)19(20)15-5-4-6-17(11-15)21-16-7-8-16/h4-6,9-11,16,19-20H,7-8H2,1-3H3. The van der Waals surface area contributed by atoms with Gasteiger partial charge in [0.2, 0.25) is 0 Å². The van der Waals surface area contributed by atoms with Gasteiger partial charge in [-0.1, -0.05) is 29.8 Å². The Labute approximate surface area is 126 Å². The van der Waals surface area contributed by atoms with Crippen LogP contribution in [-0.2, 0) is 0 Å². The van der Waals surface area contributed by atoms with Gasteiger partial charge in [0, 0.05) is 0 Å². The molecule has 0 aliphatic heterocycles. The highest BCUT2D eigenvalue weighted by Crippen LogP contribution is 2.32. The van der Waals surface area contributed by atoms with Gasteiger partial charge in [-0.3, -0.25) is 0 Å². The Morgan fingerprint density at radius 2 is 1.71 bits per heavy atom. The fourth-order valence-corrected chi connectivity index (χ4v) is 2.93. The zero-order chi connectivity index (χ0) is 15.0. The Bertz CT molecular complexity index is 633. The molecule has 1 fully saturated rings. The number of aliphatic hydroxyl groups excluding tert-OH is 1. The van der Waals surface area contributed by atoms with Gasteiger partial charge in [0.1, 0.15) is 11.9 Å². The molecule has 0 spiro atoms. The van der Waals surface area contributed by atoms with Crippen molar-refractivity contribution in [2.75, 3.05) is 0 Å². The number of ether oxygens (including phenoxy) is 1. The second-order valence-corrected chi connectivity index (χ2v) is 6.10. The molecule has 0 amide bonds. The SMILES string of the molecule is Cc1cc(C)c(C(O)c2cccc(OC3CC3)c2)c(C)c1. The van der Waals surface area contributed by atoms with E-state index in [4.69, 9.17) is 4.74 Å². The molecular formula is C19H22O2. The number of hydrogen-bond acceptors (Lipinski definition) is 2. The third-order valence-electron chi connectivity index (χ3n) is 4.01. The largest absolute Gasteiger partial charge is 0.490 e. The molecule has 2 nitrogen and oxygen atoms in total. The molecule has 1 aliphatic carbocycles. The first-order valence-corrected chi connectivity index (χ1v) is 7.57. The highest BCUT2D eigenvalue weighted by molar-refractivity contribution is 5.44. The van der Waals surface area contributed by atoms with Crippen molar-refractivity contribution in [3.63, 3.8) is 0 Å². The van der Waals surface area contributed by atoms with Crippen molar-refractivity contribution >= 4 is 0 Å². The summed E-state index contributed by atoms with van der Waals surface area (Å²) in [4.78, 5) is 0. The van der Waals surface area contributed by atoms with Gasteiger partial charge in [0.15, 0.2) is 0 Å².